The fraction of sp³-hybridized carbons (Fsp3) is 0.500. The molecule has 2 aliphatic carbocycles. The van der Waals surface area contributed by atoms with E-state index < -0.39 is 11.2 Å². The standard InChI is InChI=1S/C24H31BO2/c1-22(2,26)23(3,4)27-25-17-12-13-19-18-10-6-7-11-20(18)24(21(19)16-17)14-8-5-9-15-24/h6-7,10-13,16,25-26H,5,8-9,14-15H2,1-4H3. The molecule has 1 spiro atoms. The van der Waals surface area contributed by atoms with Crippen molar-refractivity contribution in [3.05, 3.63) is 53.6 Å². The van der Waals surface area contributed by atoms with Crippen LogP contribution in [0, 0.1) is 0 Å². The molecule has 1 fully saturated rings. The van der Waals surface area contributed by atoms with Gasteiger partial charge in [-0.05, 0) is 62.8 Å². The Kier molecular flexibility index (Phi) is 4.52. The molecule has 0 unspecified atom stereocenters. The average Bonchev–Trinajstić information content (AvgIpc) is 2.90. The maximum Gasteiger partial charge on any atom is 0.309 e. The molecule has 0 atom stereocenters. The van der Waals surface area contributed by atoms with E-state index in [9.17, 15) is 5.11 Å². The van der Waals surface area contributed by atoms with E-state index in [1.807, 2.05) is 27.7 Å². The molecule has 0 amide bonds. The minimum absolute atomic E-state index is 0.186. The number of rotatable bonds is 4. The van der Waals surface area contributed by atoms with Crippen molar-refractivity contribution in [3.63, 3.8) is 0 Å². The van der Waals surface area contributed by atoms with Gasteiger partial charge in [0.25, 0.3) is 0 Å². The first kappa shape index (κ1) is 18.8. The molecule has 1 N–H and O–H groups in total. The van der Waals surface area contributed by atoms with Gasteiger partial charge in [0.15, 0.2) is 0 Å². The molecule has 0 bridgehead atoms. The number of aliphatic hydroxyl groups is 1. The highest BCUT2D eigenvalue weighted by atomic mass is 16.5. The Bertz CT molecular complexity index is 842. The Labute approximate surface area is 164 Å². The van der Waals surface area contributed by atoms with Crippen molar-refractivity contribution in [2.45, 2.75) is 76.4 Å². The molecular formula is C24H31BO2. The van der Waals surface area contributed by atoms with Gasteiger partial charge in [0.1, 0.15) is 0 Å². The molecule has 2 nitrogen and oxygen atoms in total. The van der Waals surface area contributed by atoms with E-state index in [1.165, 1.54) is 59.8 Å². The summed E-state index contributed by atoms with van der Waals surface area (Å²) in [5.41, 5.74) is 5.73. The molecule has 27 heavy (non-hydrogen) atoms. The highest BCUT2D eigenvalue weighted by Crippen LogP contribution is 2.55. The summed E-state index contributed by atoms with van der Waals surface area (Å²) in [7, 11) is 0.524. The number of hydrogen-bond acceptors (Lipinski definition) is 2. The van der Waals surface area contributed by atoms with Crippen molar-refractivity contribution in [1.29, 1.82) is 0 Å². The summed E-state index contributed by atoms with van der Waals surface area (Å²) in [6.45, 7) is 7.53. The van der Waals surface area contributed by atoms with Crippen LogP contribution in [0.15, 0.2) is 42.5 Å². The first-order valence-electron chi connectivity index (χ1n) is 10.3. The molecule has 0 aliphatic heterocycles. The van der Waals surface area contributed by atoms with Crippen molar-refractivity contribution in [2.75, 3.05) is 0 Å². The topological polar surface area (TPSA) is 29.5 Å². The van der Waals surface area contributed by atoms with E-state index in [-0.39, 0.29) is 5.41 Å². The van der Waals surface area contributed by atoms with Gasteiger partial charge < -0.3 is 9.76 Å². The maximum atomic E-state index is 10.4. The first-order valence-corrected chi connectivity index (χ1v) is 10.3. The number of benzene rings is 2. The highest BCUT2D eigenvalue weighted by molar-refractivity contribution is 6.47. The predicted octanol–water partition coefficient (Wildman–Crippen LogP) is 4.46. The fourth-order valence-electron chi connectivity index (χ4n) is 4.73. The van der Waals surface area contributed by atoms with Gasteiger partial charge in [0.2, 0.25) is 0 Å². The zero-order chi connectivity index (χ0) is 19.3. The van der Waals surface area contributed by atoms with Crippen LogP contribution in [-0.2, 0) is 10.1 Å². The third-order valence-electron chi connectivity index (χ3n) is 7.11. The molecular weight excluding hydrogens is 331 g/mol. The van der Waals surface area contributed by atoms with Gasteiger partial charge >= 0.3 is 7.48 Å². The largest absolute Gasteiger partial charge is 0.427 e. The van der Waals surface area contributed by atoms with Crippen LogP contribution < -0.4 is 5.46 Å². The molecule has 0 heterocycles. The van der Waals surface area contributed by atoms with E-state index in [4.69, 9.17) is 4.65 Å². The van der Waals surface area contributed by atoms with E-state index in [2.05, 4.69) is 42.5 Å². The van der Waals surface area contributed by atoms with Gasteiger partial charge in [0, 0.05) is 5.41 Å². The summed E-state index contributed by atoms with van der Waals surface area (Å²) in [6, 6.07) is 15.8. The quantitative estimate of drug-likeness (QED) is 0.814. The predicted molar refractivity (Wildman–Crippen MR) is 114 cm³/mol. The Balaban J connectivity index is 1.70. The van der Waals surface area contributed by atoms with Crippen molar-refractivity contribution in [3.8, 4) is 11.1 Å². The van der Waals surface area contributed by atoms with E-state index in [1.54, 1.807) is 0 Å². The van der Waals surface area contributed by atoms with Gasteiger partial charge in [-0.2, -0.15) is 0 Å². The van der Waals surface area contributed by atoms with Crippen molar-refractivity contribution < 1.29 is 9.76 Å². The van der Waals surface area contributed by atoms with Crippen LogP contribution in [0.1, 0.15) is 70.9 Å². The molecule has 2 aromatic carbocycles. The molecule has 2 aliphatic rings. The molecule has 0 saturated heterocycles. The second kappa shape index (κ2) is 6.50. The van der Waals surface area contributed by atoms with Gasteiger partial charge in [-0.25, -0.2) is 0 Å². The lowest BCUT2D eigenvalue weighted by atomic mass is 9.67. The van der Waals surface area contributed by atoms with Gasteiger partial charge in [0.05, 0.1) is 11.2 Å². The molecule has 0 aromatic heterocycles. The Hall–Kier alpha value is -1.58. The molecule has 2 aromatic rings. The summed E-state index contributed by atoms with van der Waals surface area (Å²) < 4.78 is 6.14. The van der Waals surface area contributed by atoms with Crippen LogP contribution in [0.4, 0.5) is 0 Å². The highest BCUT2D eigenvalue weighted by Gasteiger charge is 2.43. The van der Waals surface area contributed by atoms with Crippen LogP contribution in [0.25, 0.3) is 11.1 Å². The molecule has 3 heteroatoms. The molecule has 0 radical (unpaired) electrons. The third kappa shape index (κ3) is 3.05. The number of hydrogen-bond donors (Lipinski definition) is 1. The molecule has 142 valence electrons. The summed E-state index contributed by atoms with van der Waals surface area (Å²) in [6.07, 6.45) is 6.45. The average molecular weight is 362 g/mol. The van der Waals surface area contributed by atoms with Crippen LogP contribution in [0.2, 0.25) is 0 Å². The van der Waals surface area contributed by atoms with E-state index >= 15 is 0 Å². The minimum Gasteiger partial charge on any atom is -0.427 e. The third-order valence-corrected chi connectivity index (χ3v) is 7.11. The normalized spacial score (nSPS) is 18.3. The Morgan fingerprint density at radius 1 is 0.889 bits per heavy atom. The summed E-state index contributed by atoms with van der Waals surface area (Å²) in [4.78, 5) is 0. The zero-order valence-electron chi connectivity index (χ0n) is 17.1. The lowest BCUT2D eigenvalue weighted by molar-refractivity contribution is -0.0893. The molecule has 4 rings (SSSR count). The second-order valence-corrected chi connectivity index (χ2v) is 9.43. The first-order chi connectivity index (χ1) is 12.7. The van der Waals surface area contributed by atoms with Crippen molar-refractivity contribution >= 4 is 12.9 Å². The van der Waals surface area contributed by atoms with Gasteiger partial charge in [-0.3, -0.25) is 0 Å². The smallest absolute Gasteiger partial charge is 0.309 e. The second-order valence-electron chi connectivity index (χ2n) is 9.43. The van der Waals surface area contributed by atoms with Gasteiger partial charge in [-0.1, -0.05) is 67.2 Å². The maximum absolute atomic E-state index is 10.4. The summed E-state index contributed by atoms with van der Waals surface area (Å²) in [5, 5.41) is 10.4. The van der Waals surface area contributed by atoms with Crippen LogP contribution in [-0.4, -0.2) is 23.8 Å². The van der Waals surface area contributed by atoms with Crippen molar-refractivity contribution in [2.24, 2.45) is 0 Å². The van der Waals surface area contributed by atoms with Gasteiger partial charge in [-0.15, -0.1) is 0 Å². The lowest BCUT2D eigenvalue weighted by Crippen LogP contribution is -2.49. The Morgan fingerprint density at radius 3 is 2.26 bits per heavy atom. The lowest BCUT2D eigenvalue weighted by Gasteiger charge is -2.38. The summed E-state index contributed by atoms with van der Waals surface area (Å²) in [5.74, 6) is 0. The van der Waals surface area contributed by atoms with Crippen LogP contribution >= 0.6 is 0 Å². The Morgan fingerprint density at radius 2 is 1.56 bits per heavy atom. The van der Waals surface area contributed by atoms with Crippen molar-refractivity contribution in [1.82, 2.24) is 0 Å². The number of fused-ring (bicyclic) bond motifs is 5. The van der Waals surface area contributed by atoms with Crippen LogP contribution in [0.3, 0.4) is 0 Å². The van der Waals surface area contributed by atoms with Crippen LogP contribution in [0.5, 0.6) is 0 Å². The monoisotopic (exact) mass is 362 g/mol. The summed E-state index contributed by atoms with van der Waals surface area (Å²) >= 11 is 0. The zero-order valence-corrected chi connectivity index (χ0v) is 17.1. The van der Waals surface area contributed by atoms with E-state index in [0.717, 1.165) is 0 Å². The molecule has 1 saturated carbocycles. The van der Waals surface area contributed by atoms with E-state index in [0.29, 0.717) is 7.48 Å². The minimum atomic E-state index is -0.884. The SMILES string of the molecule is CC(C)(O)C(C)(C)OBc1ccc2c(c1)C1(CCCCC1)c1ccccc1-2. The fourth-order valence-corrected chi connectivity index (χ4v) is 4.73.